The van der Waals surface area contributed by atoms with Crippen molar-refractivity contribution in [2.24, 2.45) is 0 Å². The molecule has 8 nitrogen and oxygen atoms in total. The molecule has 1 fully saturated rings. The molecule has 3 amide bonds. The van der Waals surface area contributed by atoms with E-state index in [-0.39, 0.29) is 24.0 Å². The van der Waals surface area contributed by atoms with Crippen LogP contribution >= 0.6 is 0 Å². The van der Waals surface area contributed by atoms with Gasteiger partial charge in [-0.3, -0.25) is 4.79 Å². The van der Waals surface area contributed by atoms with Crippen LogP contribution in [0.3, 0.4) is 0 Å². The first-order valence-electron chi connectivity index (χ1n) is 10.6. The minimum Gasteiger partial charge on any atom is -0.497 e. The second kappa shape index (κ2) is 7.83. The molecule has 0 bridgehead atoms. The quantitative estimate of drug-likeness (QED) is 0.698. The Morgan fingerprint density at radius 3 is 2.70 bits per heavy atom. The molecule has 1 atom stereocenters. The first kappa shape index (κ1) is 20.5. The number of carbonyl (C=O) groups is 2. The van der Waals surface area contributed by atoms with Crippen molar-refractivity contribution in [2.75, 3.05) is 39.9 Å². The second-order valence-electron chi connectivity index (χ2n) is 8.27. The van der Waals surface area contributed by atoms with Crippen LogP contribution in [-0.2, 0) is 10.2 Å². The zero-order chi connectivity index (χ0) is 21.5. The van der Waals surface area contributed by atoms with Crippen LogP contribution in [0.15, 0.2) is 18.2 Å². The number of methoxy groups -OCH3 is 1. The van der Waals surface area contributed by atoms with Crippen LogP contribution in [0.4, 0.5) is 4.79 Å². The third kappa shape index (κ3) is 3.10. The Morgan fingerprint density at radius 2 is 2.07 bits per heavy atom. The average molecular weight is 415 g/mol. The molecule has 1 aromatic heterocycles. The van der Waals surface area contributed by atoms with Crippen molar-refractivity contribution in [2.45, 2.75) is 38.1 Å². The van der Waals surface area contributed by atoms with E-state index in [9.17, 15) is 14.7 Å². The Morgan fingerprint density at radius 1 is 1.30 bits per heavy atom. The van der Waals surface area contributed by atoms with Gasteiger partial charge in [0.1, 0.15) is 5.75 Å². The summed E-state index contributed by atoms with van der Waals surface area (Å²) in [4.78, 5) is 32.2. The van der Waals surface area contributed by atoms with Crippen LogP contribution in [0.2, 0.25) is 0 Å². The largest absolute Gasteiger partial charge is 0.497 e. The van der Waals surface area contributed by atoms with Gasteiger partial charge in [-0.15, -0.1) is 0 Å². The highest BCUT2D eigenvalue weighted by atomic mass is 16.5. The van der Waals surface area contributed by atoms with Gasteiger partial charge in [0.15, 0.2) is 0 Å². The number of hydrogen-bond donors (Lipinski definition) is 3. The number of hydrogen-bond acceptors (Lipinski definition) is 4. The van der Waals surface area contributed by atoms with Gasteiger partial charge in [-0.1, -0.05) is 13.8 Å². The molecule has 1 aromatic carbocycles. The number of aromatic amines is 1. The molecule has 8 heteroatoms. The first-order valence-corrected chi connectivity index (χ1v) is 10.6. The Balaban J connectivity index is 1.78. The molecule has 4 rings (SSSR count). The number of aliphatic hydroxyl groups excluding tert-OH is 1. The van der Waals surface area contributed by atoms with Crippen molar-refractivity contribution in [3.05, 3.63) is 29.5 Å². The van der Waals surface area contributed by atoms with E-state index in [1.165, 1.54) is 0 Å². The smallest absolute Gasteiger partial charge is 0.317 e. The van der Waals surface area contributed by atoms with E-state index in [2.05, 4.69) is 10.3 Å². The van der Waals surface area contributed by atoms with Crippen molar-refractivity contribution in [1.29, 1.82) is 0 Å². The SMILES string of the molecule is CCCNC(=O)N1CC2(C1)CN(C(=O)CC)[C@H](CO)c1[nH]c3cc(OC)ccc3c12. The van der Waals surface area contributed by atoms with Crippen LogP contribution in [0.25, 0.3) is 10.9 Å². The van der Waals surface area contributed by atoms with E-state index in [4.69, 9.17) is 4.74 Å². The van der Waals surface area contributed by atoms with Crippen LogP contribution in [0.1, 0.15) is 44.0 Å². The van der Waals surface area contributed by atoms with Gasteiger partial charge < -0.3 is 29.9 Å². The molecular formula is C22H30N4O4. The van der Waals surface area contributed by atoms with Crippen molar-refractivity contribution in [1.82, 2.24) is 20.1 Å². The molecule has 0 saturated carbocycles. The van der Waals surface area contributed by atoms with Crippen molar-refractivity contribution >= 4 is 22.8 Å². The Hall–Kier alpha value is -2.74. The molecular weight excluding hydrogens is 384 g/mol. The van der Waals surface area contributed by atoms with Gasteiger partial charge in [-0.25, -0.2) is 4.79 Å². The summed E-state index contributed by atoms with van der Waals surface area (Å²) in [5, 5.41) is 14.2. The number of fused-ring (bicyclic) bond motifs is 4. The standard InChI is InChI=1S/C22H30N4O4/c1-4-8-23-21(29)25-11-22(12-25)13-26(18(28)5-2)17(10-27)20-19(22)15-7-6-14(30-3)9-16(15)24-20/h6-7,9,17,24,27H,4-5,8,10-13H2,1-3H3,(H,23,29)/t17-/m1/s1. The summed E-state index contributed by atoms with van der Waals surface area (Å²) in [6.07, 6.45) is 1.26. The monoisotopic (exact) mass is 414 g/mol. The zero-order valence-electron chi connectivity index (χ0n) is 17.8. The molecule has 2 aliphatic heterocycles. The molecule has 2 aromatic rings. The zero-order valence-corrected chi connectivity index (χ0v) is 17.8. The highest BCUT2D eigenvalue weighted by Crippen LogP contribution is 2.48. The molecule has 30 heavy (non-hydrogen) atoms. The molecule has 3 heterocycles. The highest BCUT2D eigenvalue weighted by molar-refractivity contribution is 5.90. The summed E-state index contributed by atoms with van der Waals surface area (Å²) in [6.45, 7) is 5.93. The maximum atomic E-state index is 12.7. The van der Waals surface area contributed by atoms with Gasteiger partial charge in [0, 0.05) is 55.3 Å². The predicted molar refractivity (Wildman–Crippen MR) is 114 cm³/mol. The van der Waals surface area contributed by atoms with E-state index in [1.54, 1.807) is 16.9 Å². The molecule has 0 aliphatic carbocycles. The maximum absolute atomic E-state index is 12.7. The lowest BCUT2D eigenvalue weighted by molar-refractivity contribution is -0.138. The number of carbonyl (C=O) groups excluding carboxylic acids is 2. The molecule has 3 N–H and O–H groups in total. The van der Waals surface area contributed by atoms with Crippen molar-refractivity contribution in [3.63, 3.8) is 0 Å². The van der Waals surface area contributed by atoms with Gasteiger partial charge in [0.2, 0.25) is 5.91 Å². The molecule has 1 spiro atoms. The molecule has 0 radical (unpaired) electrons. The Bertz CT molecular complexity index is 963. The van der Waals surface area contributed by atoms with Gasteiger partial charge in [-0.2, -0.15) is 0 Å². The average Bonchev–Trinajstić information content (AvgIpc) is 3.12. The maximum Gasteiger partial charge on any atom is 0.317 e. The van der Waals surface area contributed by atoms with Crippen LogP contribution in [0.5, 0.6) is 5.75 Å². The fourth-order valence-electron chi connectivity index (χ4n) is 4.90. The summed E-state index contributed by atoms with van der Waals surface area (Å²) in [6, 6.07) is 5.40. The number of amides is 3. The molecule has 0 unspecified atom stereocenters. The van der Waals surface area contributed by atoms with Gasteiger partial charge in [-0.05, 0) is 24.1 Å². The van der Waals surface area contributed by atoms with E-state index in [0.717, 1.165) is 34.3 Å². The van der Waals surface area contributed by atoms with Gasteiger partial charge >= 0.3 is 6.03 Å². The summed E-state index contributed by atoms with van der Waals surface area (Å²) in [5.74, 6) is 0.746. The summed E-state index contributed by atoms with van der Waals surface area (Å²) >= 11 is 0. The van der Waals surface area contributed by atoms with E-state index >= 15 is 0 Å². The number of benzene rings is 1. The number of rotatable bonds is 5. The predicted octanol–water partition coefficient (Wildman–Crippen LogP) is 2.14. The van der Waals surface area contributed by atoms with E-state index in [1.807, 2.05) is 32.0 Å². The lowest BCUT2D eigenvalue weighted by atomic mass is 9.68. The third-order valence-corrected chi connectivity index (χ3v) is 6.34. The minimum atomic E-state index is -0.417. The van der Waals surface area contributed by atoms with Crippen LogP contribution in [-0.4, -0.2) is 71.7 Å². The Labute approximate surface area is 176 Å². The number of nitrogens with one attached hydrogen (secondary N) is 2. The number of H-pyrrole nitrogens is 1. The third-order valence-electron chi connectivity index (χ3n) is 6.34. The van der Waals surface area contributed by atoms with Crippen LogP contribution < -0.4 is 10.1 Å². The number of likely N-dealkylation sites (tertiary alicyclic amines) is 1. The fraction of sp³-hybridized carbons (Fsp3) is 0.545. The van der Waals surface area contributed by atoms with E-state index in [0.29, 0.717) is 32.6 Å². The van der Waals surface area contributed by atoms with Gasteiger partial charge in [0.25, 0.3) is 0 Å². The number of urea groups is 1. The molecule has 162 valence electrons. The normalized spacial score (nSPS) is 19.5. The molecule has 2 aliphatic rings. The second-order valence-corrected chi connectivity index (χ2v) is 8.27. The highest BCUT2D eigenvalue weighted by Gasteiger charge is 2.54. The fourth-order valence-corrected chi connectivity index (χ4v) is 4.90. The lowest BCUT2D eigenvalue weighted by Crippen LogP contribution is -2.69. The lowest BCUT2D eigenvalue weighted by Gasteiger charge is -2.56. The molecule has 1 saturated heterocycles. The van der Waals surface area contributed by atoms with E-state index < -0.39 is 6.04 Å². The topological polar surface area (TPSA) is 97.9 Å². The van der Waals surface area contributed by atoms with Gasteiger partial charge in [0.05, 0.1) is 25.2 Å². The van der Waals surface area contributed by atoms with Crippen molar-refractivity contribution in [3.8, 4) is 5.75 Å². The minimum absolute atomic E-state index is 0.00389. The Kier molecular flexibility index (Phi) is 5.36. The first-order chi connectivity index (χ1) is 14.5. The van der Waals surface area contributed by atoms with Crippen LogP contribution in [0, 0.1) is 0 Å². The summed E-state index contributed by atoms with van der Waals surface area (Å²) in [5.41, 5.74) is 2.54. The number of aliphatic hydroxyl groups is 1. The number of aromatic nitrogens is 1. The summed E-state index contributed by atoms with van der Waals surface area (Å²) in [7, 11) is 1.63. The number of nitrogens with zero attached hydrogens (tertiary/aromatic N) is 2. The van der Waals surface area contributed by atoms with Crippen molar-refractivity contribution < 1.29 is 19.4 Å². The summed E-state index contributed by atoms with van der Waals surface area (Å²) < 4.78 is 5.37. The number of ether oxygens (including phenoxy) is 1.